The molecule has 0 aromatic heterocycles. The van der Waals surface area contributed by atoms with Crippen LogP contribution in [0.3, 0.4) is 0 Å². The summed E-state index contributed by atoms with van der Waals surface area (Å²) in [7, 11) is 12.8. The Hall–Kier alpha value is 0.140. The van der Waals surface area contributed by atoms with Gasteiger partial charge in [-0.25, -0.2) is 0 Å². The third-order valence-corrected chi connectivity index (χ3v) is 14.1. The van der Waals surface area contributed by atoms with Gasteiger partial charge in [-0.1, -0.05) is 190 Å². The normalized spacial score (nSPS) is 11.6. The second-order valence-electron chi connectivity index (χ2n) is 18.5. The van der Waals surface area contributed by atoms with Gasteiger partial charge in [0.05, 0.1) is 54.4 Å². The Balaban J connectivity index is -0.0000151. The van der Waals surface area contributed by atoms with Crippen LogP contribution in [0.2, 0.25) is 0 Å². The minimum absolute atomic E-state index is 0. The maximum absolute atomic E-state index is 12.4. The third kappa shape index (κ3) is 48.8. The summed E-state index contributed by atoms with van der Waals surface area (Å²) in [4.78, 5) is 24.7. The van der Waals surface area contributed by atoms with E-state index >= 15 is 0 Å². The first kappa shape index (κ1) is 62.4. The number of carbonyl (C=O) groups excluding carboxylic acids is 2. The molecule has 0 saturated heterocycles. The van der Waals surface area contributed by atoms with Gasteiger partial charge in [0.25, 0.3) is 0 Å². The Bertz CT molecular complexity index is 802. The molecule has 0 aromatic rings. The predicted molar refractivity (Wildman–Crippen MR) is 254 cm³/mol. The lowest BCUT2D eigenvalue weighted by Crippen LogP contribution is -3.00. The van der Waals surface area contributed by atoms with Crippen molar-refractivity contribution in [2.24, 2.45) is 0 Å². The van der Waals surface area contributed by atoms with Crippen LogP contribution in [0, 0.1) is 0 Å². The summed E-state index contributed by atoms with van der Waals surface area (Å²) in [6, 6.07) is 0. The van der Waals surface area contributed by atoms with Gasteiger partial charge < -0.3 is 44.4 Å². The molecule has 0 fully saturated rings. The highest BCUT2D eigenvalue weighted by atomic mass is 35.5. The van der Waals surface area contributed by atoms with Gasteiger partial charge in [-0.2, -0.15) is 0 Å². The van der Waals surface area contributed by atoms with Crippen LogP contribution in [0.4, 0.5) is 0 Å². The number of quaternary nitrogens is 2. The molecular formula is C48H100Cl2N4O2S2. The molecule has 0 atom stereocenters. The molecule has 0 spiro atoms. The molecule has 0 aliphatic carbocycles. The van der Waals surface area contributed by atoms with Crippen LogP contribution in [-0.2, 0) is 9.59 Å². The first-order valence-electron chi connectivity index (χ1n) is 24.5. The Morgan fingerprint density at radius 3 is 0.845 bits per heavy atom. The fourth-order valence-corrected chi connectivity index (χ4v) is 9.60. The van der Waals surface area contributed by atoms with Crippen LogP contribution >= 0.6 is 21.6 Å². The standard InChI is InChI=1S/C48H98N4O2S2.2ClH/c1-7-9-11-13-15-17-19-21-23-25-27-29-31-33-41-51(3,4)43-35-37-47(53)49-39-45-55-56-46-40-50-48(54)38-36-44-52(5,6)42-34-32-30-28-26-24-22-20-18-16-14-12-10-8-2;;/h7-46H2,1-6H3;2*1H. The lowest BCUT2D eigenvalue weighted by molar-refractivity contribution is -0.890. The van der Waals surface area contributed by atoms with Crippen molar-refractivity contribution < 1.29 is 43.4 Å². The van der Waals surface area contributed by atoms with Gasteiger partial charge in [0.1, 0.15) is 0 Å². The molecule has 10 heteroatoms. The van der Waals surface area contributed by atoms with Crippen molar-refractivity contribution in [3.05, 3.63) is 0 Å². The number of unbranched alkanes of at least 4 members (excludes halogenated alkanes) is 26. The van der Waals surface area contributed by atoms with Gasteiger partial charge >= 0.3 is 0 Å². The largest absolute Gasteiger partial charge is 1.00 e. The number of amides is 2. The van der Waals surface area contributed by atoms with Gasteiger partial charge in [0.2, 0.25) is 11.8 Å². The average molecular weight is 900 g/mol. The summed E-state index contributed by atoms with van der Waals surface area (Å²) in [5.41, 5.74) is 0. The number of carbonyl (C=O) groups is 2. The van der Waals surface area contributed by atoms with Crippen molar-refractivity contribution in [3.63, 3.8) is 0 Å². The molecule has 350 valence electrons. The summed E-state index contributed by atoms with van der Waals surface area (Å²) in [6.07, 6.45) is 42.5. The van der Waals surface area contributed by atoms with Crippen LogP contribution < -0.4 is 35.4 Å². The minimum atomic E-state index is 0. The van der Waals surface area contributed by atoms with E-state index in [9.17, 15) is 9.59 Å². The minimum Gasteiger partial charge on any atom is -1.00 e. The molecule has 2 amide bonds. The molecule has 0 aliphatic rings. The summed E-state index contributed by atoms with van der Waals surface area (Å²) in [6.45, 7) is 10.6. The first-order valence-corrected chi connectivity index (χ1v) is 27.0. The molecule has 0 aromatic carbocycles. The Morgan fingerprint density at radius 2 is 0.586 bits per heavy atom. The maximum Gasteiger partial charge on any atom is 0.220 e. The molecule has 0 rings (SSSR count). The van der Waals surface area contributed by atoms with Crippen LogP contribution in [-0.4, -0.2) is 99.7 Å². The topological polar surface area (TPSA) is 58.2 Å². The lowest BCUT2D eigenvalue weighted by Gasteiger charge is -2.29. The van der Waals surface area contributed by atoms with E-state index in [1.165, 1.54) is 193 Å². The van der Waals surface area contributed by atoms with E-state index in [1.807, 2.05) is 0 Å². The Morgan fingerprint density at radius 1 is 0.362 bits per heavy atom. The maximum atomic E-state index is 12.4. The van der Waals surface area contributed by atoms with E-state index in [2.05, 4.69) is 52.7 Å². The average Bonchev–Trinajstić information content (AvgIpc) is 3.16. The molecule has 0 saturated carbocycles. The third-order valence-electron chi connectivity index (χ3n) is 11.7. The molecule has 0 aliphatic heterocycles. The van der Waals surface area contributed by atoms with E-state index in [1.54, 1.807) is 21.6 Å². The number of hydrogen-bond donors (Lipinski definition) is 2. The summed E-state index contributed by atoms with van der Waals surface area (Å²) in [5.74, 6) is 2.16. The Labute approximate surface area is 383 Å². The van der Waals surface area contributed by atoms with Crippen LogP contribution in [0.1, 0.15) is 219 Å². The number of rotatable bonds is 45. The van der Waals surface area contributed by atoms with Gasteiger partial charge in [-0.05, 0) is 25.7 Å². The summed E-state index contributed by atoms with van der Waals surface area (Å²) in [5, 5.41) is 6.19. The number of nitrogens with one attached hydrogen (secondary N) is 2. The van der Waals surface area contributed by atoms with E-state index in [0.29, 0.717) is 25.9 Å². The zero-order valence-corrected chi connectivity index (χ0v) is 42.7. The highest BCUT2D eigenvalue weighted by molar-refractivity contribution is 8.76. The molecule has 58 heavy (non-hydrogen) atoms. The number of hydrogen-bond acceptors (Lipinski definition) is 4. The van der Waals surface area contributed by atoms with Crippen molar-refractivity contribution in [2.75, 3.05) is 79.0 Å². The van der Waals surface area contributed by atoms with E-state index in [0.717, 1.165) is 46.4 Å². The fourth-order valence-electron chi connectivity index (χ4n) is 7.79. The molecule has 0 radical (unpaired) electrons. The first-order chi connectivity index (χ1) is 27.1. The Kier molecular flexibility index (Phi) is 50.2. The smallest absolute Gasteiger partial charge is 0.220 e. The van der Waals surface area contributed by atoms with E-state index in [-0.39, 0.29) is 36.6 Å². The second-order valence-corrected chi connectivity index (χ2v) is 21.2. The number of nitrogens with zero attached hydrogens (tertiary/aromatic N) is 2. The molecule has 0 heterocycles. The zero-order chi connectivity index (χ0) is 41.3. The fraction of sp³-hybridized carbons (Fsp3) is 0.958. The molecule has 0 unspecified atom stereocenters. The molecule has 2 N–H and O–H groups in total. The summed E-state index contributed by atoms with van der Waals surface area (Å²) >= 11 is 0. The highest BCUT2D eigenvalue weighted by Gasteiger charge is 2.16. The number of halogens is 2. The van der Waals surface area contributed by atoms with Crippen molar-refractivity contribution in [3.8, 4) is 0 Å². The predicted octanol–water partition coefficient (Wildman–Crippen LogP) is 7.28. The quantitative estimate of drug-likeness (QED) is 0.0384. The summed E-state index contributed by atoms with van der Waals surface area (Å²) < 4.78 is 2.04. The second kappa shape index (κ2) is 46.6. The van der Waals surface area contributed by atoms with Gasteiger partial charge in [0.15, 0.2) is 0 Å². The van der Waals surface area contributed by atoms with Gasteiger partial charge in [-0.15, -0.1) is 0 Å². The molecule has 0 bridgehead atoms. The van der Waals surface area contributed by atoms with E-state index in [4.69, 9.17) is 0 Å². The van der Waals surface area contributed by atoms with Gasteiger partial charge in [-0.3, -0.25) is 9.59 Å². The van der Waals surface area contributed by atoms with Crippen LogP contribution in [0.15, 0.2) is 0 Å². The van der Waals surface area contributed by atoms with Crippen molar-refractivity contribution in [2.45, 2.75) is 219 Å². The van der Waals surface area contributed by atoms with Crippen LogP contribution in [0.5, 0.6) is 0 Å². The molecule has 6 nitrogen and oxygen atoms in total. The van der Waals surface area contributed by atoms with Crippen molar-refractivity contribution in [1.82, 2.24) is 10.6 Å². The highest BCUT2D eigenvalue weighted by Crippen LogP contribution is 2.20. The van der Waals surface area contributed by atoms with Crippen molar-refractivity contribution in [1.29, 1.82) is 0 Å². The molecular weight excluding hydrogens is 800 g/mol. The van der Waals surface area contributed by atoms with Crippen LogP contribution in [0.25, 0.3) is 0 Å². The monoisotopic (exact) mass is 899 g/mol. The van der Waals surface area contributed by atoms with E-state index < -0.39 is 0 Å². The van der Waals surface area contributed by atoms with Crippen molar-refractivity contribution >= 4 is 33.4 Å². The SMILES string of the molecule is CCCCCCCCCCCCCCCC[N+](C)(C)CCCC(=O)NCCSSCCNC(=O)CCC[N+](C)(C)CCCCCCCCCCCCCCCC.[Cl-].[Cl-]. The zero-order valence-electron chi connectivity index (χ0n) is 39.6. The lowest BCUT2D eigenvalue weighted by atomic mass is 10.0. The van der Waals surface area contributed by atoms with Gasteiger partial charge in [0, 0.05) is 50.3 Å².